The average Bonchev–Trinajstić information content (AvgIpc) is 2.48. The van der Waals surface area contributed by atoms with Gasteiger partial charge in [-0.2, -0.15) is 0 Å². The second-order valence-corrected chi connectivity index (χ2v) is 4.62. The summed E-state index contributed by atoms with van der Waals surface area (Å²) in [5, 5.41) is 3.22. The smallest absolute Gasteiger partial charge is 0.327 e. The Morgan fingerprint density at radius 1 is 1.30 bits per heavy atom. The SMILES string of the molecule is COC(=O)C(NCc1cncc(C)c1)c1ccccc1. The van der Waals surface area contributed by atoms with E-state index in [2.05, 4.69) is 10.3 Å². The van der Waals surface area contributed by atoms with Crippen molar-refractivity contribution in [3.05, 3.63) is 65.5 Å². The van der Waals surface area contributed by atoms with E-state index in [4.69, 9.17) is 4.74 Å². The fourth-order valence-electron chi connectivity index (χ4n) is 2.03. The molecule has 0 radical (unpaired) electrons. The number of benzene rings is 1. The van der Waals surface area contributed by atoms with Gasteiger partial charge in [0.25, 0.3) is 0 Å². The molecular formula is C16H18N2O2. The second-order valence-electron chi connectivity index (χ2n) is 4.62. The van der Waals surface area contributed by atoms with Crippen molar-refractivity contribution in [1.82, 2.24) is 10.3 Å². The predicted octanol–water partition coefficient (Wildman–Crippen LogP) is 2.39. The van der Waals surface area contributed by atoms with Crippen molar-refractivity contribution in [2.24, 2.45) is 0 Å². The van der Waals surface area contributed by atoms with Crippen LogP contribution in [0.5, 0.6) is 0 Å². The molecule has 2 rings (SSSR count). The van der Waals surface area contributed by atoms with E-state index in [0.717, 1.165) is 16.7 Å². The molecule has 0 fully saturated rings. The molecule has 4 heteroatoms. The molecule has 1 aromatic heterocycles. The van der Waals surface area contributed by atoms with Crippen LogP contribution >= 0.6 is 0 Å². The lowest BCUT2D eigenvalue weighted by molar-refractivity contribution is -0.143. The molecule has 0 saturated carbocycles. The van der Waals surface area contributed by atoms with E-state index in [-0.39, 0.29) is 5.97 Å². The Hall–Kier alpha value is -2.20. The van der Waals surface area contributed by atoms with Crippen LogP contribution in [0.4, 0.5) is 0 Å². The van der Waals surface area contributed by atoms with Crippen LogP contribution in [0.15, 0.2) is 48.8 Å². The molecule has 0 bridgehead atoms. The minimum Gasteiger partial charge on any atom is -0.468 e. The summed E-state index contributed by atoms with van der Waals surface area (Å²) >= 11 is 0. The molecule has 0 saturated heterocycles. The maximum Gasteiger partial charge on any atom is 0.327 e. The quantitative estimate of drug-likeness (QED) is 0.848. The monoisotopic (exact) mass is 270 g/mol. The summed E-state index contributed by atoms with van der Waals surface area (Å²) in [6, 6.07) is 11.1. The number of nitrogens with zero attached hydrogens (tertiary/aromatic N) is 1. The van der Waals surface area contributed by atoms with Crippen LogP contribution in [0.2, 0.25) is 0 Å². The fraction of sp³-hybridized carbons (Fsp3) is 0.250. The van der Waals surface area contributed by atoms with Crippen molar-refractivity contribution in [1.29, 1.82) is 0 Å². The zero-order chi connectivity index (χ0) is 14.4. The molecule has 4 nitrogen and oxygen atoms in total. The van der Waals surface area contributed by atoms with E-state index >= 15 is 0 Å². The summed E-state index contributed by atoms with van der Waals surface area (Å²) in [5.74, 6) is -0.295. The highest BCUT2D eigenvalue weighted by atomic mass is 16.5. The van der Waals surface area contributed by atoms with Crippen molar-refractivity contribution in [2.45, 2.75) is 19.5 Å². The van der Waals surface area contributed by atoms with Crippen molar-refractivity contribution in [3.8, 4) is 0 Å². The highest BCUT2D eigenvalue weighted by Crippen LogP contribution is 2.15. The fourth-order valence-corrected chi connectivity index (χ4v) is 2.03. The molecule has 104 valence electrons. The molecule has 0 aliphatic rings. The van der Waals surface area contributed by atoms with Gasteiger partial charge in [0.1, 0.15) is 6.04 Å². The number of methoxy groups -OCH3 is 1. The predicted molar refractivity (Wildman–Crippen MR) is 77.0 cm³/mol. The van der Waals surface area contributed by atoms with Crippen LogP contribution in [-0.2, 0) is 16.1 Å². The molecule has 1 unspecified atom stereocenters. The van der Waals surface area contributed by atoms with Gasteiger partial charge >= 0.3 is 5.97 Å². The average molecular weight is 270 g/mol. The number of rotatable bonds is 5. The lowest BCUT2D eigenvalue weighted by Crippen LogP contribution is -2.29. The molecule has 1 N–H and O–H groups in total. The van der Waals surface area contributed by atoms with E-state index in [1.165, 1.54) is 7.11 Å². The van der Waals surface area contributed by atoms with Crippen molar-refractivity contribution in [2.75, 3.05) is 7.11 Å². The van der Waals surface area contributed by atoms with E-state index in [1.807, 2.05) is 43.3 Å². The Labute approximate surface area is 118 Å². The van der Waals surface area contributed by atoms with Crippen LogP contribution in [0.25, 0.3) is 0 Å². The van der Waals surface area contributed by atoms with E-state index in [9.17, 15) is 4.79 Å². The third kappa shape index (κ3) is 3.65. The van der Waals surface area contributed by atoms with E-state index in [0.29, 0.717) is 6.54 Å². The van der Waals surface area contributed by atoms with Gasteiger partial charge < -0.3 is 4.74 Å². The van der Waals surface area contributed by atoms with Crippen LogP contribution in [0.1, 0.15) is 22.7 Å². The molecule has 1 aromatic carbocycles. The van der Waals surface area contributed by atoms with Gasteiger partial charge in [0, 0.05) is 18.9 Å². The maximum atomic E-state index is 11.9. The Bertz CT molecular complexity index is 570. The van der Waals surface area contributed by atoms with Crippen LogP contribution in [0, 0.1) is 6.92 Å². The number of pyridine rings is 1. The minimum absolute atomic E-state index is 0.295. The molecule has 1 heterocycles. The molecule has 2 aromatic rings. The zero-order valence-corrected chi connectivity index (χ0v) is 11.7. The highest BCUT2D eigenvalue weighted by molar-refractivity contribution is 5.77. The summed E-state index contributed by atoms with van der Waals surface area (Å²) in [6.45, 7) is 2.55. The molecule has 1 atom stereocenters. The number of nitrogens with one attached hydrogen (secondary N) is 1. The summed E-state index contributed by atoms with van der Waals surface area (Å²) in [6.07, 6.45) is 3.60. The van der Waals surface area contributed by atoms with Gasteiger partial charge in [0.15, 0.2) is 0 Å². The Kier molecular flexibility index (Phi) is 4.85. The topological polar surface area (TPSA) is 51.2 Å². The molecule has 0 spiro atoms. The number of ether oxygens (including phenoxy) is 1. The standard InChI is InChI=1S/C16H18N2O2/c1-12-8-13(10-17-9-12)11-18-15(16(19)20-2)14-6-4-3-5-7-14/h3-10,15,18H,11H2,1-2H3. The number of carbonyl (C=O) groups is 1. The summed E-state index contributed by atoms with van der Waals surface area (Å²) in [5.41, 5.74) is 3.02. The Morgan fingerprint density at radius 2 is 2.05 bits per heavy atom. The van der Waals surface area contributed by atoms with Crippen LogP contribution in [-0.4, -0.2) is 18.1 Å². The van der Waals surface area contributed by atoms with Crippen molar-refractivity contribution < 1.29 is 9.53 Å². The van der Waals surface area contributed by atoms with Gasteiger partial charge in [-0.1, -0.05) is 36.4 Å². The maximum absolute atomic E-state index is 11.9. The molecule has 0 aliphatic carbocycles. The van der Waals surface area contributed by atoms with Gasteiger partial charge in [0.2, 0.25) is 0 Å². The first-order valence-corrected chi connectivity index (χ1v) is 6.47. The van der Waals surface area contributed by atoms with Crippen LogP contribution < -0.4 is 5.32 Å². The Balaban J connectivity index is 2.11. The normalized spacial score (nSPS) is 11.9. The number of carbonyl (C=O) groups excluding carboxylic acids is 1. The largest absolute Gasteiger partial charge is 0.468 e. The summed E-state index contributed by atoms with van der Waals surface area (Å²) in [4.78, 5) is 16.0. The van der Waals surface area contributed by atoms with Gasteiger partial charge in [-0.25, -0.2) is 4.79 Å². The van der Waals surface area contributed by atoms with Crippen molar-refractivity contribution >= 4 is 5.97 Å². The summed E-state index contributed by atoms with van der Waals surface area (Å²) < 4.78 is 4.86. The number of hydrogen-bond acceptors (Lipinski definition) is 4. The lowest BCUT2D eigenvalue weighted by atomic mass is 10.1. The third-order valence-corrected chi connectivity index (χ3v) is 3.01. The van der Waals surface area contributed by atoms with Gasteiger partial charge in [0.05, 0.1) is 7.11 Å². The molecule has 0 aliphatic heterocycles. The minimum atomic E-state index is -0.471. The first kappa shape index (κ1) is 14.2. The number of aryl methyl sites for hydroxylation is 1. The highest BCUT2D eigenvalue weighted by Gasteiger charge is 2.20. The second kappa shape index (κ2) is 6.82. The Morgan fingerprint density at radius 3 is 2.70 bits per heavy atom. The van der Waals surface area contributed by atoms with E-state index in [1.54, 1.807) is 12.4 Å². The van der Waals surface area contributed by atoms with E-state index < -0.39 is 6.04 Å². The van der Waals surface area contributed by atoms with Crippen molar-refractivity contribution in [3.63, 3.8) is 0 Å². The number of aromatic nitrogens is 1. The summed E-state index contributed by atoms with van der Waals surface area (Å²) in [7, 11) is 1.40. The number of esters is 1. The zero-order valence-electron chi connectivity index (χ0n) is 11.7. The first-order chi connectivity index (χ1) is 9.70. The molecule has 20 heavy (non-hydrogen) atoms. The number of hydrogen-bond donors (Lipinski definition) is 1. The van der Waals surface area contributed by atoms with Gasteiger partial charge in [-0.05, 0) is 23.6 Å². The first-order valence-electron chi connectivity index (χ1n) is 6.47. The lowest BCUT2D eigenvalue weighted by Gasteiger charge is -2.17. The third-order valence-electron chi connectivity index (χ3n) is 3.01. The van der Waals surface area contributed by atoms with Gasteiger partial charge in [-0.15, -0.1) is 0 Å². The van der Waals surface area contributed by atoms with Gasteiger partial charge in [-0.3, -0.25) is 10.3 Å². The van der Waals surface area contributed by atoms with Crippen LogP contribution in [0.3, 0.4) is 0 Å². The molecular weight excluding hydrogens is 252 g/mol. The molecule has 0 amide bonds.